The summed E-state index contributed by atoms with van der Waals surface area (Å²) >= 11 is 1.82. The molecule has 3 heterocycles. The summed E-state index contributed by atoms with van der Waals surface area (Å²) in [6.07, 6.45) is 10.1. The Kier molecular flexibility index (Phi) is 5.40. The number of hydrogen-bond acceptors (Lipinski definition) is 4. The molecule has 0 saturated carbocycles. The van der Waals surface area contributed by atoms with Gasteiger partial charge in [0.05, 0.1) is 5.71 Å². The molecule has 1 atom stereocenters. The van der Waals surface area contributed by atoms with Crippen LogP contribution in [0.4, 0.5) is 5.69 Å². The minimum absolute atomic E-state index is 0.124. The maximum absolute atomic E-state index is 11.7. The summed E-state index contributed by atoms with van der Waals surface area (Å²) in [5, 5.41) is 3.58. The van der Waals surface area contributed by atoms with E-state index in [0.717, 1.165) is 56.9 Å². The molecule has 1 aromatic carbocycles. The fourth-order valence-corrected chi connectivity index (χ4v) is 5.73. The molecule has 1 fully saturated rings. The van der Waals surface area contributed by atoms with Crippen molar-refractivity contribution >= 4 is 38.7 Å². The van der Waals surface area contributed by atoms with Crippen LogP contribution >= 0.6 is 11.3 Å². The molecule has 0 radical (unpaired) electrons. The van der Waals surface area contributed by atoms with E-state index >= 15 is 0 Å². The van der Waals surface area contributed by atoms with Crippen LogP contribution in [0.2, 0.25) is 0 Å². The largest absolute Gasteiger partial charge is 0.368 e. The maximum atomic E-state index is 11.7. The normalized spacial score (nSPS) is 22.0. The third kappa shape index (κ3) is 3.80. The van der Waals surface area contributed by atoms with E-state index in [1.54, 1.807) is 6.08 Å². The van der Waals surface area contributed by atoms with E-state index in [-0.39, 0.29) is 11.8 Å². The topological polar surface area (TPSA) is 35.9 Å². The molecule has 0 bridgehead atoms. The van der Waals surface area contributed by atoms with Gasteiger partial charge in [0.2, 0.25) is 0 Å². The first kappa shape index (κ1) is 19.5. The second-order valence-electron chi connectivity index (χ2n) is 8.34. The zero-order valence-corrected chi connectivity index (χ0v) is 18.2. The number of amides is 1. The molecule has 5 rings (SSSR count). The average Bonchev–Trinajstić information content (AvgIpc) is 3.23. The predicted molar refractivity (Wildman–Crippen MR) is 127 cm³/mol. The summed E-state index contributed by atoms with van der Waals surface area (Å²) in [6.45, 7) is 7.58. The first-order valence-electron chi connectivity index (χ1n) is 10.8. The predicted octanol–water partition coefficient (Wildman–Crippen LogP) is 4.84. The number of thiophene rings is 1. The molecule has 0 N–H and O–H groups in total. The molecule has 3 aliphatic rings. The summed E-state index contributed by atoms with van der Waals surface area (Å²) in [5.74, 6) is 0.0799. The molecular weight excluding hydrogens is 390 g/mol. The van der Waals surface area contributed by atoms with Crippen LogP contribution in [0.1, 0.15) is 19.8 Å². The summed E-state index contributed by atoms with van der Waals surface area (Å²) in [4.78, 5) is 21.1. The lowest BCUT2D eigenvalue weighted by Crippen LogP contribution is -2.46. The summed E-state index contributed by atoms with van der Waals surface area (Å²) < 4.78 is 1.38. The van der Waals surface area contributed by atoms with Crippen molar-refractivity contribution in [2.24, 2.45) is 10.9 Å². The Bertz CT molecular complexity index is 1080. The number of aliphatic imine (C=N–C) groups is 1. The van der Waals surface area contributed by atoms with Crippen molar-refractivity contribution in [3.05, 3.63) is 65.1 Å². The van der Waals surface area contributed by atoms with Crippen LogP contribution in [0, 0.1) is 5.92 Å². The van der Waals surface area contributed by atoms with E-state index < -0.39 is 0 Å². The lowest BCUT2D eigenvalue weighted by molar-refractivity contribution is -0.113. The third-order valence-electron chi connectivity index (χ3n) is 6.42. The number of anilines is 1. The lowest BCUT2D eigenvalue weighted by Gasteiger charge is -2.36. The van der Waals surface area contributed by atoms with Crippen LogP contribution in [-0.2, 0) is 4.79 Å². The van der Waals surface area contributed by atoms with Gasteiger partial charge in [-0.15, -0.1) is 11.3 Å². The number of nitrogens with zero attached hydrogens (tertiary/aromatic N) is 3. The van der Waals surface area contributed by atoms with Crippen LogP contribution in [-0.4, -0.2) is 49.2 Å². The number of rotatable bonds is 5. The standard InChI is InChI=1S/C25H27N3OS/c1-18-17-24(29)26-21-7-2-5-19(25(18)21)6-4-11-27-12-14-28(15-13-27)22-8-3-9-23-20(22)10-16-30-23/h2-3,5,7-10,16-17,25H,4,6,11-15H2,1H3. The van der Waals surface area contributed by atoms with Crippen molar-refractivity contribution in [1.82, 2.24) is 4.90 Å². The van der Waals surface area contributed by atoms with Gasteiger partial charge in [0.15, 0.2) is 0 Å². The van der Waals surface area contributed by atoms with Crippen molar-refractivity contribution in [2.75, 3.05) is 37.6 Å². The highest BCUT2D eigenvalue weighted by molar-refractivity contribution is 7.17. The highest BCUT2D eigenvalue weighted by Gasteiger charge is 2.27. The SMILES string of the molecule is CC1=CC(=O)N=C2C=CC=C(CCCN3CCN(c4cccc5sccc45)CC3)C12. The monoisotopic (exact) mass is 417 g/mol. The molecule has 0 spiro atoms. The van der Waals surface area contributed by atoms with Gasteiger partial charge in [0, 0.05) is 53.9 Å². The number of benzene rings is 1. The maximum Gasteiger partial charge on any atom is 0.269 e. The van der Waals surface area contributed by atoms with E-state index in [1.165, 1.54) is 21.3 Å². The minimum atomic E-state index is -0.124. The van der Waals surface area contributed by atoms with E-state index in [9.17, 15) is 4.79 Å². The van der Waals surface area contributed by atoms with Gasteiger partial charge < -0.3 is 4.90 Å². The Balaban J connectivity index is 1.15. The molecule has 1 aromatic heterocycles. The lowest BCUT2D eigenvalue weighted by atomic mass is 9.80. The summed E-state index contributed by atoms with van der Waals surface area (Å²) in [7, 11) is 0. The first-order valence-corrected chi connectivity index (χ1v) is 11.7. The smallest absolute Gasteiger partial charge is 0.269 e. The van der Waals surface area contributed by atoms with Gasteiger partial charge in [-0.3, -0.25) is 9.69 Å². The summed E-state index contributed by atoms with van der Waals surface area (Å²) in [5.41, 5.74) is 4.80. The van der Waals surface area contributed by atoms with Crippen molar-refractivity contribution < 1.29 is 4.79 Å². The van der Waals surface area contributed by atoms with Gasteiger partial charge in [0.1, 0.15) is 0 Å². The third-order valence-corrected chi connectivity index (χ3v) is 7.30. The van der Waals surface area contributed by atoms with Gasteiger partial charge in [0.25, 0.3) is 5.91 Å². The number of dihydropyridines is 1. The molecule has 154 valence electrons. The highest BCUT2D eigenvalue weighted by Crippen LogP contribution is 2.33. The molecule has 1 unspecified atom stereocenters. The molecule has 2 aromatic rings. The van der Waals surface area contributed by atoms with Gasteiger partial charge >= 0.3 is 0 Å². The Morgan fingerprint density at radius 3 is 2.90 bits per heavy atom. The summed E-state index contributed by atoms with van der Waals surface area (Å²) in [6, 6.07) is 8.91. The highest BCUT2D eigenvalue weighted by atomic mass is 32.1. The second-order valence-corrected chi connectivity index (χ2v) is 9.29. The van der Waals surface area contributed by atoms with E-state index in [2.05, 4.69) is 57.4 Å². The zero-order valence-electron chi connectivity index (χ0n) is 17.4. The van der Waals surface area contributed by atoms with Crippen molar-refractivity contribution in [2.45, 2.75) is 19.8 Å². The van der Waals surface area contributed by atoms with Crippen LogP contribution < -0.4 is 4.90 Å². The van der Waals surface area contributed by atoms with E-state index in [0.29, 0.717) is 0 Å². The van der Waals surface area contributed by atoms with E-state index in [1.807, 2.05) is 23.5 Å². The Morgan fingerprint density at radius 1 is 1.17 bits per heavy atom. The number of hydrogen-bond donors (Lipinski definition) is 0. The average molecular weight is 418 g/mol. The number of carbonyl (C=O) groups is 1. The Morgan fingerprint density at radius 2 is 2.03 bits per heavy atom. The quantitative estimate of drug-likeness (QED) is 0.698. The van der Waals surface area contributed by atoms with Crippen LogP contribution in [0.3, 0.4) is 0 Å². The molecule has 5 heteroatoms. The molecule has 1 amide bonds. The fraction of sp³-hybridized carbons (Fsp3) is 0.360. The van der Waals surface area contributed by atoms with Gasteiger partial charge in [-0.2, -0.15) is 0 Å². The van der Waals surface area contributed by atoms with Gasteiger partial charge in [-0.1, -0.05) is 29.4 Å². The first-order chi connectivity index (χ1) is 14.7. The van der Waals surface area contributed by atoms with Crippen LogP contribution in [0.5, 0.6) is 0 Å². The van der Waals surface area contributed by atoms with Crippen molar-refractivity contribution in [1.29, 1.82) is 0 Å². The molecule has 1 aliphatic carbocycles. The minimum Gasteiger partial charge on any atom is -0.368 e. The number of allylic oxidation sites excluding steroid dienone is 5. The van der Waals surface area contributed by atoms with Crippen LogP contribution in [0.25, 0.3) is 10.1 Å². The van der Waals surface area contributed by atoms with Gasteiger partial charge in [-0.05, 0) is 56.0 Å². The Labute approximate surface area is 181 Å². The molecule has 1 saturated heterocycles. The number of carbonyl (C=O) groups excluding carboxylic acids is 1. The molecule has 2 aliphatic heterocycles. The molecular formula is C25H27N3OS. The molecule has 4 nitrogen and oxygen atoms in total. The van der Waals surface area contributed by atoms with Crippen molar-refractivity contribution in [3.8, 4) is 0 Å². The van der Waals surface area contributed by atoms with Crippen molar-refractivity contribution in [3.63, 3.8) is 0 Å². The van der Waals surface area contributed by atoms with E-state index in [4.69, 9.17) is 0 Å². The Hall–Kier alpha value is -2.50. The number of fused-ring (bicyclic) bond motifs is 2. The van der Waals surface area contributed by atoms with Gasteiger partial charge in [-0.25, -0.2) is 4.99 Å². The zero-order chi connectivity index (χ0) is 20.5. The second kappa shape index (κ2) is 8.32. The number of piperazine rings is 1. The fourth-order valence-electron chi connectivity index (χ4n) is 4.92. The molecule has 30 heavy (non-hydrogen) atoms. The van der Waals surface area contributed by atoms with Crippen LogP contribution in [0.15, 0.2) is 70.1 Å².